The Bertz CT molecular complexity index is 421. The number of hydrogen-bond donors (Lipinski definition) is 1. The fraction of sp³-hybridized carbons (Fsp3) is 0.667. The molecule has 0 amide bonds. The molecule has 2 atom stereocenters. The van der Waals surface area contributed by atoms with Crippen LogP contribution in [0.5, 0.6) is 0 Å². The van der Waals surface area contributed by atoms with E-state index in [1.165, 1.54) is 38.3 Å². The Labute approximate surface area is 128 Å². The third-order valence-electron chi connectivity index (χ3n) is 4.60. The predicted molar refractivity (Wildman–Crippen MR) is 86.9 cm³/mol. The third kappa shape index (κ3) is 5.08. The maximum Gasteiger partial charge on any atom is 0.123 e. The van der Waals surface area contributed by atoms with Gasteiger partial charge in [0.25, 0.3) is 0 Å². The van der Waals surface area contributed by atoms with Crippen LogP contribution in [0.1, 0.15) is 57.6 Å². The summed E-state index contributed by atoms with van der Waals surface area (Å²) in [4.78, 5) is 2.61. The number of likely N-dealkylation sites (tertiary alicyclic amines) is 1. The number of rotatable bonds is 6. The van der Waals surface area contributed by atoms with Crippen LogP contribution in [-0.2, 0) is 0 Å². The van der Waals surface area contributed by atoms with Crippen LogP contribution >= 0.6 is 0 Å². The van der Waals surface area contributed by atoms with Gasteiger partial charge >= 0.3 is 0 Å². The standard InChI is InChI=1S/C18H29FN2/c1-3-20-18(16-9-7-10-17(19)14-16)11-13-21-12-6-4-5-8-15(21)2/h7,9-10,14-15,18,20H,3-6,8,11-13H2,1-2H3. The highest BCUT2D eigenvalue weighted by Gasteiger charge is 2.19. The maximum absolute atomic E-state index is 13.4. The van der Waals surface area contributed by atoms with Crippen molar-refractivity contribution in [2.75, 3.05) is 19.6 Å². The Morgan fingerprint density at radius 2 is 2.19 bits per heavy atom. The summed E-state index contributed by atoms with van der Waals surface area (Å²) in [5, 5.41) is 3.50. The molecule has 0 saturated carbocycles. The summed E-state index contributed by atoms with van der Waals surface area (Å²) < 4.78 is 13.4. The van der Waals surface area contributed by atoms with Crippen molar-refractivity contribution in [3.8, 4) is 0 Å². The molecule has 1 aliphatic heterocycles. The van der Waals surface area contributed by atoms with Gasteiger partial charge in [-0.2, -0.15) is 0 Å². The van der Waals surface area contributed by atoms with Crippen molar-refractivity contribution in [1.82, 2.24) is 10.2 Å². The largest absolute Gasteiger partial charge is 0.310 e. The summed E-state index contributed by atoms with van der Waals surface area (Å²) in [6.07, 6.45) is 6.39. The van der Waals surface area contributed by atoms with Crippen molar-refractivity contribution in [2.45, 2.75) is 58.0 Å². The number of halogens is 1. The minimum absolute atomic E-state index is 0.140. The monoisotopic (exact) mass is 292 g/mol. The summed E-state index contributed by atoms with van der Waals surface area (Å²) in [7, 11) is 0. The van der Waals surface area contributed by atoms with Crippen LogP contribution in [0.15, 0.2) is 24.3 Å². The molecule has 2 rings (SSSR count). The Morgan fingerprint density at radius 3 is 2.95 bits per heavy atom. The normalized spacial score (nSPS) is 22.0. The van der Waals surface area contributed by atoms with E-state index < -0.39 is 0 Å². The van der Waals surface area contributed by atoms with Crippen LogP contribution < -0.4 is 5.32 Å². The highest BCUT2D eigenvalue weighted by Crippen LogP contribution is 2.21. The molecule has 0 aliphatic carbocycles. The second-order valence-corrected chi connectivity index (χ2v) is 6.19. The topological polar surface area (TPSA) is 15.3 Å². The maximum atomic E-state index is 13.4. The van der Waals surface area contributed by atoms with E-state index in [1.807, 2.05) is 12.1 Å². The summed E-state index contributed by atoms with van der Waals surface area (Å²) in [5.74, 6) is -0.140. The molecule has 1 saturated heterocycles. The molecule has 1 N–H and O–H groups in total. The third-order valence-corrected chi connectivity index (χ3v) is 4.60. The van der Waals surface area contributed by atoms with Crippen LogP contribution in [0.4, 0.5) is 4.39 Å². The number of nitrogens with zero attached hydrogens (tertiary/aromatic N) is 1. The van der Waals surface area contributed by atoms with Crippen molar-refractivity contribution in [3.63, 3.8) is 0 Å². The van der Waals surface area contributed by atoms with Crippen LogP contribution in [0, 0.1) is 5.82 Å². The van der Waals surface area contributed by atoms with Gasteiger partial charge in [0.05, 0.1) is 0 Å². The highest BCUT2D eigenvalue weighted by molar-refractivity contribution is 5.20. The van der Waals surface area contributed by atoms with Crippen molar-refractivity contribution < 1.29 is 4.39 Å². The predicted octanol–water partition coefficient (Wildman–Crippen LogP) is 4.13. The second-order valence-electron chi connectivity index (χ2n) is 6.19. The molecule has 0 bridgehead atoms. The summed E-state index contributed by atoms with van der Waals surface area (Å²) in [6, 6.07) is 7.96. The van der Waals surface area contributed by atoms with Crippen LogP contribution in [0.25, 0.3) is 0 Å². The number of benzene rings is 1. The smallest absolute Gasteiger partial charge is 0.123 e. The van der Waals surface area contributed by atoms with E-state index in [-0.39, 0.29) is 11.9 Å². The van der Waals surface area contributed by atoms with Gasteiger partial charge in [0, 0.05) is 18.6 Å². The van der Waals surface area contributed by atoms with Crippen molar-refractivity contribution in [3.05, 3.63) is 35.6 Å². The SMILES string of the molecule is CCNC(CCN1CCCCCC1C)c1cccc(F)c1. The molecule has 1 aromatic rings. The second kappa shape index (κ2) is 8.50. The lowest BCUT2D eigenvalue weighted by Gasteiger charge is -2.29. The van der Waals surface area contributed by atoms with E-state index in [9.17, 15) is 4.39 Å². The molecule has 1 aliphatic rings. The van der Waals surface area contributed by atoms with E-state index in [0.29, 0.717) is 6.04 Å². The number of nitrogens with one attached hydrogen (secondary N) is 1. The first kappa shape index (κ1) is 16.4. The van der Waals surface area contributed by atoms with Gasteiger partial charge in [-0.3, -0.25) is 0 Å². The summed E-state index contributed by atoms with van der Waals surface area (Å²) in [5.41, 5.74) is 1.07. The number of hydrogen-bond acceptors (Lipinski definition) is 2. The van der Waals surface area contributed by atoms with Crippen molar-refractivity contribution in [2.24, 2.45) is 0 Å². The quantitative estimate of drug-likeness (QED) is 0.848. The van der Waals surface area contributed by atoms with Gasteiger partial charge in [0.2, 0.25) is 0 Å². The molecular formula is C18H29FN2. The summed E-state index contributed by atoms with van der Waals surface area (Å²) >= 11 is 0. The molecule has 2 unspecified atom stereocenters. The molecule has 3 heteroatoms. The average Bonchev–Trinajstić information content (AvgIpc) is 2.68. The molecule has 1 aromatic carbocycles. The molecule has 118 valence electrons. The minimum Gasteiger partial charge on any atom is -0.310 e. The first-order chi connectivity index (χ1) is 10.2. The van der Waals surface area contributed by atoms with E-state index >= 15 is 0 Å². The zero-order valence-electron chi connectivity index (χ0n) is 13.4. The van der Waals surface area contributed by atoms with Gasteiger partial charge in [-0.05, 0) is 57.0 Å². The van der Waals surface area contributed by atoms with E-state index in [2.05, 4.69) is 24.1 Å². The average molecular weight is 292 g/mol. The zero-order valence-corrected chi connectivity index (χ0v) is 13.4. The first-order valence-corrected chi connectivity index (χ1v) is 8.43. The molecule has 1 fully saturated rings. The fourth-order valence-electron chi connectivity index (χ4n) is 3.32. The molecule has 1 heterocycles. The van der Waals surface area contributed by atoms with Gasteiger partial charge in [-0.1, -0.05) is 31.9 Å². The Kier molecular flexibility index (Phi) is 6.65. The fourth-order valence-corrected chi connectivity index (χ4v) is 3.32. The van der Waals surface area contributed by atoms with Crippen molar-refractivity contribution >= 4 is 0 Å². The van der Waals surface area contributed by atoms with Gasteiger partial charge in [-0.25, -0.2) is 4.39 Å². The van der Waals surface area contributed by atoms with Crippen LogP contribution in [0.2, 0.25) is 0 Å². The van der Waals surface area contributed by atoms with Gasteiger partial charge in [0.1, 0.15) is 5.82 Å². The molecule has 21 heavy (non-hydrogen) atoms. The van der Waals surface area contributed by atoms with Crippen LogP contribution in [-0.4, -0.2) is 30.6 Å². The first-order valence-electron chi connectivity index (χ1n) is 8.43. The molecule has 0 spiro atoms. The lowest BCUT2D eigenvalue weighted by Crippen LogP contribution is -2.35. The highest BCUT2D eigenvalue weighted by atomic mass is 19.1. The van der Waals surface area contributed by atoms with E-state index in [1.54, 1.807) is 6.07 Å². The van der Waals surface area contributed by atoms with Crippen molar-refractivity contribution in [1.29, 1.82) is 0 Å². The van der Waals surface area contributed by atoms with Gasteiger partial charge in [-0.15, -0.1) is 0 Å². The van der Waals surface area contributed by atoms with Gasteiger partial charge in [0.15, 0.2) is 0 Å². The lowest BCUT2D eigenvalue weighted by atomic mass is 10.0. The molecule has 0 radical (unpaired) electrons. The summed E-state index contributed by atoms with van der Waals surface area (Å²) in [6.45, 7) is 7.67. The Hall–Kier alpha value is -0.930. The van der Waals surface area contributed by atoms with E-state index in [0.717, 1.165) is 25.1 Å². The molecular weight excluding hydrogens is 263 g/mol. The van der Waals surface area contributed by atoms with Crippen LogP contribution in [0.3, 0.4) is 0 Å². The molecule has 2 nitrogen and oxygen atoms in total. The Balaban J connectivity index is 1.96. The van der Waals surface area contributed by atoms with E-state index in [4.69, 9.17) is 0 Å². The molecule has 0 aromatic heterocycles. The zero-order chi connectivity index (χ0) is 15.1. The minimum atomic E-state index is -0.140. The van der Waals surface area contributed by atoms with Gasteiger partial charge < -0.3 is 10.2 Å². The Morgan fingerprint density at radius 1 is 1.33 bits per heavy atom. The lowest BCUT2D eigenvalue weighted by molar-refractivity contribution is 0.202.